The quantitative estimate of drug-likeness (QED) is 0.807. The molecule has 17 heavy (non-hydrogen) atoms. The highest BCUT2D eigenvalue weighted by Gasteiger charge is 2.27. The summed E-state index contributed by atoms with van der Waals surface area (Å²) in [5, 5.41) is 4.87. The molecule has 0 aliphatic carbocycles. The zero-order valence-electron chi connectivity index (χ0n) is 9.11. The molecule has 0 saturated carbocycles. The van der Waals surface area contributed by atoms with Gasteiger partial charge in [0.2, 0.25) is 0 Å². The minimum absolute atomic E-state index is 0.0532. The molecule has 1 aliphatic heterocycles. The van der Waals surface area contributed by atoms with E-state index in [4.69, 9.17) is 4.74 Å². The number of benzene rings is 1. The van der Waals surface area contributed by atoms with Crippen molar-refractivity contribution >= 4 is 17.3 Å². The number of halogens is 2. The molecule has 0 bridgehead atoms. The lowest BCUT2D eigenvalue weighted by Crippen LogP contribution is -2.20. The molecule has 0 saturated heterocycles. The maximum atomic E-state index is 13.5. The third-order valence-electron chi connectivity index (χ3n) is 2.28. The molecule has 0 atom stereocenters. The molecule has 4 nitrogen and oxygen atoms in total. The van der Waals surface area contributed by atoms with Gasteiger partial charge in [-0.3, -0.25) is 4.79 Å². The fourth-order valence-corrected chi connectivity index (χ4v) is 1.57. The molecule has 1 aromatic rings. The van der Waals surface area contributed by atoms with Crippen molar-refractivity contribution in [2.24, 2.45) is 5.10 Å². The SMILES string of the molecule is COCC1=NN(c2ccc(F)cc2F)C(=O)C1. The van der Waals surface area contributed by atoms with E-state index in [1.54, 1.807) is 0 Å². The standard InChI is InChI=1S/C11H10F2N2O2/c1-17-6-8-5-11(16)15(14-8)10-3-2-7(12)4-9(10)13/h2-4H,5-6H2,1H3. The van der Waals surface area contributed by atoms with E-state index in [-0.39, 0.29) is 24.6 Å². The number of rotatable bonds is 3. The van der Waals surface area contributed by atoms with Crippen molar-refractivity contribution in [2.75, 3.05) is 18.7 Å². The third kappa shape index (κ3) is 2.31. The van der Waals surface area contributed by atoms with Crippen LogP contribution in [0.3, 0.4) is 0 Å². The second-order valence-electron chi connectivity index (χ2n) is 3.58. The number of carbonyl (C=O) groups is 1. The number of anilines is 1. The van der Waals surface area contributed by atoms with Gasteiger partial charge in [0, 0.05) is 13.2 Å². The molecule has 2 rings (SSSR count). The highest BCUT2D eigenvalue weighted by atomic mass is 19.1. The van der Waals surface area contributed by atoms with Crippen LogP contribution < -0.4 is 5.01 Å². The van der Waals surface area contributed by atoms with Crippen molar-refractivity contribution in [3.8, 4) is 0 Å². The molecule has 6 heteroatoms. The largest absolute Gasteiger partial charge is 0.379 e. The summed E-state index contributed by atoms with van der Waals surface area (Å²) in [6, 6.07) is 2.98. The summed E-state index contributed by atoms with van der Waals surface area (Å²) in [5.74, 6) is -1.87. The Morgan fingerprint density at radius 1 is 1.47 bits per heavy atom. The Labute approximate surface area is 96.5 Å². The highest BCUT2D eigenvalue weighted by Crippen LogP contribution is 2.24. The number of methoxy groups -OCH3 is 1. The summed E-state index contributed by atoms with van der Waals surface area (Å²) in [5.41, 5.74) is 0.462. The van der Waals surface area contributed by atoms with E-state index in [2.05, 4.69) is 5.10 Å². The Bertz CT molecular complexity index is 488. The van der Waals surface area contributed by atoms with Gasteiger partial charge >= 0.3 is 0 Å². The molecular weight excluding hydrogens is 230 g/mol. The Morgan fingerprint density at radius 3 is 2.88 bits per heavy atom. The number of nitrogens with zero attached hydrogens (tertiary/aromatic N) is 2. The van der Waals surface area contributed by atoms with Gasteiger partial charge < -0.3 is 4.74 Å². The monoisotopic (exact) mass is 240 g/mol. The number of hydrogen-bond donors (Lipinski definition) is 0. The van der Waals surface area contributed by atoms with E-state index in [0.717, 1.165) is 11.1 Å². The minimum Gasteiger partial charge on any atom is -0.379 e. The molecular formula is C11H10F2N2O2. The molecule has 1 aliphatic rings. The average Bonchev–Trinajstić information content (AvgIpc) is 2.60. The highest BCUT2D eigenvalue weighted by molar-refractivity contribution is 6.13. The predicted molar refractivity (Wildman–Crippen MR) is 57.8 cm³/mol. The van der Waals surface area contributed by atoms with Crippen LogP contribution >= 0.6 is 0 Å². The van der Waals surface area contributed by atoms with Gasteiger partial charge in [0.1, 0.15) is 11.5 Å². The first-order valence-corrected chi connectivity index (χ1v) is 4.95. The molecule has 0 aromatic heterocycles. The van der Waals surface area contributed by atoms with Crippen molar-refractivity contribution in [2.45, 2.75) is 6.42 Å². The van der Waals surface area contributed by atoms with Crippen molar-refractivity contribution in [3.63, 3.8) is 0 Å². The fourth-order valence-electron chi connectivity index (χ4n) is 1.57. The van der Waals surface area contributed by atoms with E-state index in [0.29, 0.717) is 11.8 Å². The van der Waals surface area contributed by atoms with Gasteiger partial charge in [0.25, 0.3) is 5.91 Å². The Kier molecular flexibility index (Phi) is 3.14. The van der Waals surface area contributed by atoms with Gasteiger partial charge in [-0.2, -0.15) is 10.1 Å². The van der Waals surface area contributed by atoms with Gasteiger partial charge in [0.15, 0.2) is 5.82 Å². The van der Waals surface area contributed by atoms with Gasteiger partial charge in [-0.15, -0.1) is 0 Å². The molecule has 0 N–H and O–H groups in total. The van der Waals surface area contributed by atoms with E-state index < -0.39 is 11.6 Å². The van der Waals surface area contributed by atoms with Crippen LogP contribution in [0.2, 0.25) is 0 Å². The first-order valence-electron chi connectivity index (χ1n) is 4.95. The zero-order chi connectivity index (χ0) is 12.4. The normalized spacial score (nSPS) is 15.4. The Hall–Kier alpha value is -1.82. The molecule has 0 spiro atoms. The molecule has 1 amide bonds. The van der Waals surface area contributed by atoms with Crippen LogP contribution in [0.5, 0.6) is 0 Å². The lowest BCUT2D eigenvalue weighted by molar-refractivity contribution is -0.117. The maximum absolute atomic E-state index is 13.5. The minimum atomic E-state index is -0.819. The lowest BCUT2D eigenvalue weighted by atomic mass is 10.2. The van der Waals surface area contributed by atoms with Crippen LogP contribution in [-0.4, -0.2) is 25.3 Å². The van der Waals surface area contributed by atoms with E-state index in [1.165, 1.54) is 13.2 Å². The van der Waals surface area contributed by atoms with E-state index in [1.807, 2.05) is 0 Å². The molecule has 0 fully saturated rings. The summed E-state index contributed by atoms with van der Waals surface area (Å²) in [4.78, 5) is 11.6. The fraction of sp³-hybridized carbons (Fsp3) is 0.273. The van der Waals surface area contributed by atoms with Gasteiger partial charge in [0.05, 0.1) is 18.7 Å². The zero-order valence-corrected chi connectivity index (χ0v) is 9.11. The number of hydrazone groups is 1. The van der Waals surface area contributed by atoms with Crippen molar-refractivity contribution < 1.29 is 18.3 Å². The molecule has 1 heterocycles. The van der Waals surface area contributed by atoms with Crippen LogP contribution in [0.4, 0.5) is 14.5 Å². The maximum Gasteiger partial charge on any atom is 0.253 e. The lowest BCUT2D eigenvalue weighted by Gasteiger charge is -2.12. The average molecular weight is 240 g/mol. The number of ether oxygens (including phenoxy) is 1. The summed E-state index contributed by atoms with van der Waals surface area (Å²) >= 11 is 0. The first-order chi connectivity index (χ1) is 8.11. The van der Waals surface area contributed by atoms with Crippen molar-refractivity contribution in [3.05, 3.63) is 29.8 Å². The molecule has 0 unspecified atom stereocenters. The van der Waals surface area contributed by atoms with Crippen LogP contribution in [-0.2, 0) is 9.53 Å². The van der Waals surface area contributed by atoms with Crippen molar-refractivity contribution in [1.82, 2.24) is 0 Å². The Balaban J connectivity index is 2.30. The third-order valence-corrected chi connectivity index (χ3v) is 2.28. The molecule has 90 valence electrons. The number of hydrogen-bond acceptors (Lipinski definition) is 3. The van der Waals surface area contributed by atoms with Crippen LogP contribution in [0.25, 0.3) is 0 Å². The summed E-state index contributed by atoms with van der Waals surface area (Å²) < 4.78 is 31.0. The number of carbonyl (C=O) groups excluding carboxylic acids is 1. The predicted octanol–water partition coefficient (Wildman–Crippen LogP) is 1.70. The summed E-state index contributed by atoms with van der Waals surface area (Å²) in [6.45, 7) is 0.213. The van der Waals surface area contributed by atoms with Gasteiger partial charge in [-0.1, -0.05) is 0 Å². The van der Waals surface area contributed by atoms with Crippen molar-refractivity contribution in [1.29, 1.82) is 0 Å². The molecule has 0 radical (unpaired) electrons. The topological polar surface area (TPSA) is 41.9 Å². The summed E-state index contributed by atoms with van der Waals surface area (Å²) in [7, 11) is 1.48. The Morgan fingerprint density at radius 2 is 2.24 bits per heavy atom. The van der Waals surface area contributed by atoms with E-state index in [9.17, 15) is 13.6 Å². The van der Waals surface area contributed by atoms with Crippen LogP contribution in [0, 0.1) is 11.6 Å². The van der Waals surface area contributed by atoms with E-state index >= 15 is 0 Å². The second kappa shape index (κ2) is 4.58. The van der Waals surface area contributed by atoms with Crippen LogP contribution in [0.1, 0.15) is 6.42 Å². The van der Waals surface area contributed by atoms with Gasteiger partial charge in [-0.25, -0.2) is 8.78 Å². The molecule has 1 aromatic carbocycles. The smallest absolute Gasteiger partial charge is 0.253 e. The number of amides is 1. The van der Waals surface area contributed by atoms with Gasteiger partial charge in [-0.05, 0) is 12.1 Å². The van der Waals surface area contributed by atoms with Crippen LogP contribution in [0.15, 0.2) is 23.3 Å². The second-order valence-corrected chi connectivity index (χ2v) is 3.58. The summed E-state index contributed by atoms with van der Waals surface area (Å²) in [6.07, 6.45) is 0.0880. The first kappa shape index (κ1) is 11.7.